The predicted molar refractivity (Wildman–Crippen MR) is 61.1 cm³/mol. The summed E-state index contributed by atoms with van der Waals surface area (Å²) in [6.45, 7) is 2.62. The molecule has 0 aliphatic carbocycles. The maximum Gasteiger partial charge on any atom is 0.118 e. The van der Waals surface area contributed by atoms with Gasteiger partial charge in [0.05, 0.1) is 20.2 Å². The van der Waals surface area contributed by atoms with Gasteiger partial charge in [-0.05, 0) is 37.0 Å². The molecular formula is C13H20NO+. The molecule has 1 heterocycles. The van der Waals surface area contributed by atoms with Crippen LogP contribution in [0.25, 0.3) is 0 Å². The number of hydrogen-bond donors (Lipinski definition) is 1. The van der Waals surface area contributed by atoms with Crippen LogP contribution < -0.4 is 10.1 Å². The first kappa shape index (κ1) is 10.5. The van der Waals surface area contributed by atoms with Crippen LogP contribution >= 0.6 is 0 Å². The van der Waals surface area contributed by atoms with Crippen LogP contribution in [0.15, 0.2) is 24.3 Å². The van der Waals surface area contributed by atoms with Gasteiger partial charge in [-0.3, -0.25) is 0 Å². The molecule has 2 rings (SSSR count). The number of quaternary nitrogens is 1. The fourth-order valence-electron chi connectivity index (χ4n) is 2.30. The molecule has 1 aromatic rings. The summed E-state index contributed by atoms with van der Waals surface area (Å²) in [7, 11) is 1.71. The van der Waals surface area contributed by atoms with E-state index >= 15 is 0 Å². The van der Waals surface area contributed by atoms with E-state index < -0.39 is 0 Å². The Morgan fingerprint density at radius 2 is 2.13 bits per heavy atom. The number of nitrogens with two attached hydrogens (primary N) is 1. The van der Waals surface area contributed by atoms with Crippen molar-refractivity contribution in [1.29, 1.82) is 0 Å². The summed E-state index contributed by atoms with van der Waals surface area (Å²) in [5.74, 6) is 1.82. The molecule has 2 heteroatoms. The van der Waals surface area contributed by atoms with E-state index in [1.54, 1.807) is 7.11 Å². The van der Waals surface area contributed by atoms with Crippen LogP contribution in [0.3, 0.4) is 0 Å². The van der Waals surface area contributed by atoms with E-state index in [1.165, 1.54) is 37.9 Å². The van der Waals surface area contributed by atoms with Gasteiger partial charge < -0.3 is 10.1 Å². The maximum absolute atomic E-state index is 5.15. The SMILES string of the molecule is COc1ccc(C[C@@H]2CCC[NH2+]C2)cc1. The molecule has 1 saturated heterocycles. The first-order valence-electron chi connectivity index (χ1n) is 5.83. The Hall–Kier alpha value is -1.02. The minimum absolute atomic E-state index is 0.868. The molecule has 1 fully saturated rings. The first-order valence-corrected chi connectivity index (χ1v) is 5.83. The molecule has 1 aromatic carbocycles. The van der Waals surface area contributed by atoms with Gasteiger partial charge in [0.2, 0.25) is 0 Å². The predicted octanol–water partition coefficient (Wildman–Crippen LogP) is 1.21. The summed E-state index contributed by atoms with van der Waals surface area (Å²) in [6, 6.07) is 8.49. The smallest absolute Gasteiger partial charge is 0.118 e. The minimum atomic E-state index is 0.868. The van der Waals surface area contributed by atoms with Crippen molar-refractivity contribution in [3.05, 3.63) is 29.8 Å². The number of piperidine rings is 1. The van der Waals surface area contributed by atoms with Crippen LogP contribution in [-0.4, -0.2) is 20.2 Å². The van der Waals surface area contributed by atoms with Gasteiger partial charge in [0.15, 0.2) is 0 Å². The van der Waals surface area contributed by atoms with Gasteiger partial charge in [-0.15, -0.1) is 0 Å². The maximum atomic E-state index is 5.15. The molecule has 1 aliphatic heterocycles. The molecule has 0 bridgehead atoms. The Kier molecular flexibility index (Phi) is 3.62. The topological polar surface area (TPSA) is 25.8 Å². The summed E-state index contributed by atoms with van der Waals surface area (Å²) in [4.78, 5) is 0. The number of methoxy groups -OCH3 is 1. The summed E-state index contributed by atoms with van der Waals surface area (Å²) in [5, 5.41) is 2.44. The lowest BCUT2D eigenvalue weighted by atomic mass is 9.92. The molecule has 2 nitrogen and oxygen atoms in total. The van der Waals surface area contributed by atoms with Gasteiger partial charge in [-0.25, -0.2) is 0 Å². The molecule has 0 saturated carbocycles. The Labute approximate surface area is 91.6 Å². The normalized spacial score (nSPS) is 21.3. The third-order valence-corrected chi connectivity index (χ3v) is 3.20. The second-order valence-corrected chi connectivity index (χ2v) is 4.37. The summed E-state index contributed by atoms with van der Waals surface area (Å²) < 4.78 is 5.15. The number of hydrogen-bond acceptors (Lipinski definition) is 1. The average Bonchev–Trinajstić information content (AvgIpc) is 2.31. The molecule has 2 N–H and O–H groups in total. The highest BCUT2D eigenvalue weighted by atomic mass is 16.5. The standard InChI is InChI=1S/C13H19NO/c1-15-13-6-4-11(5-7-13)9-12-3-2-8-14-10-12/h4-7,12,14H,2-3,8-10H2,1H3/p+1/t12-/m0/s1. The quantitative estimate of drug-likeness (QED) is 0.790. The fraction of sp³-hybridized carbons (Fsp3) is 0.538. The third kappa shape index (κ3) is 2.96. The second kappa shape index (κ2) is 5.17. The van der Waals surface area contributed by atoms with Crippen molar-refractivity contribution in [2.24, 2.45) is 5.92 Å². The molecule has 1 atom stereocenters. The van der Waals surface area contributed by atoms with Gasteiger partial charge in [0, 0.05) is 5.92 Å². The average molecular weight is 206 g/mol. The van der Waals surface area contributed by atoms with Crippen LogP contribution in [-0.2, 0) is 6.42 Å². The van der Waals surface area contributed by atoms with Crippen molar-refractivity contribution in [2.45, 2.75) is 19.3 Å². The van der Waals surface area contributed by atoms with Gasteiger partial charge in [0.25, 0.3) is 0 Å². The Morgan fingerprint density at radius 1 is 1.33 bits per heavy atom. The highest BCUT2D eigenvalue weighted by molar-refractivity contribution is 5.27. The van der Waals surface area contributed by atoms with Crippen molar-refractivity contribution >= 4 is 0 Å². The molecule has 15 heavy (non-hydrogen) atoms. The highest BCUT2D eigenvalue weighted by Crippen LogP contribution is 2.17. The van der Waals surface area contributed by atoms with E-state index in [0.717, 1.165) is 11.7 Å². The zero-order valence-electron chi connectivity index (χ0n) is 9.41. The van der Waals surface area contributed by atoms with Gasteiger partial charge in [0.1, 0.15) is 5.75 Å². The molecule has 0 radical (unpaired) electrons. The van der Waals surface area contributed by atoms with Crippen LogP contribution in [0.2, 0.25) is 0 Å². The molecule has 0 amide bonds. The lowest BCUT2D eigenvalue weighted by Crippen LogP contribution is -2.87. The van der Waals surface area contributed by atoms with Crippen molar-refractivity contribution in [3.8, 4) is 5.75 Å². The van der Waals surface area contributed by atoms with E-state index in [-0.39, 0.29) is 0 Å². The van der Waals surface area contributed by atoms with Crippen LogP contribution in [0.5, 0.6) is 5.75 Å². The molecule has 0 spiro atoms. The van der Waals surface area contributed by atoms with Gasteiger partial charge in [-0.1, -0.05) is 12.1 Å². The second-order valence-electron chi connectivity index (χ2n) is 4.37. The third-order valence-electron chi connectivity index (χ3n) is 3.20. The van der Waals surface area contributed by atoms with Crippen molar-refractivity contribution in [1.82, 2.24) is 0 Å². The van der Waals surface area contributed by atoms with Crippen molar-refractivity contribution in [2.75, 3.05) is 20.2 Å². The Morgan fingerprint density at radius 3 is 2.73 bits per heavy atom. The largest absolute Gasteiger partial charge is 0.497 e. The number of ether oxygens (including phenoxy) is 1. The van der Waals surface area contributed by atoms with Crippen molar-refractivity contribution in [3.63, 3.8) is 0 Å². The van der Waals surface area contributed by atoms with E-state index in [9.17, 15) is 0 Å². The van der Waals surface area contributed by atoms with Gasteiger partial charge >= 0.3 is 0 Å². The Bertz CT molecular complexity index is 288. The lowest BCUT2D eigenvalue weighted by molar-refractivity contribution is -0.668. The van der Waals surface area contributed by atoms with Crippen LogP contribution in [0.1, 0.15) is 18.4 Å². The fourth-order valence-corrected chi connectivity index (χ4v) is 2.30. The monoisotopic (exact) mass is 206 g/mol. The van der Waals surface area contributed by atoms with Crippen LogP contribution in [0, 0.1) is 5.92 Å². The summed E-state index contributed by atoms with van der Waals surface area (Å²) in [5.41, 5.74) is 1.44. The molecule has 0 unspecified atom stereocenters. The van der Waals surface area contributed by atoms with Crippen molar-refractivity contribution < 1.29 is 10.1 Å². The lowest BCUT2D eigenvalue weighted by Gasteiger charge is -2.19. The molecule has 0 aromatic heterocycles. The number of rotatable bonds is 3. The van der Waals surface area contributed by atoms with E-state index in [0.29, 0.717) is 0 Å². The van der Waals surface area contributed by atoms with Crippen LogP contribution in [0.4, 0.5) is 0 Å². The van der Waals surface area contributed by atoms with Gasteiger partial charge in [-0.2, -0.15) is 0 Å². The zero-order chi connectivity index (χ0) is 10.5. The van der Waals surface area contributed by atoms with E-state index in [4.69, 9.17) is 4.74 Å². The molecule has 1 aliphatic rings. The zero-order valence-corrected chi connectivity index (χ0v) is 9.41. The summed E-state index contributed by atoms with van der Waals surface area (Å²) in [6.07, 6.45) is 3.99. The molecular weight excluding hydrogens is 186 g/mol. The minimum Gasteiger partial charge on any atom is -0.497 e. The Balaban J connectivity index is 1.91. The summed E-state index contributed by atoms with van der Waals surface area (Å²) >= 11 is 0. The number of benzene rings is 1. The van der Waals surface area contributed by atoms with E-state index in [2.05, 4.69) is 29.6 Å². The highest BCUT2D eigenvalue weighted by Gasteiger charge is 2.15. The van der Waals surface area contributed by atoms with E-state index in [1.807, 2.05) is 0 Å². The first-order chi connectivity index (χ1) is 7.38. The molecule has 82 valence electrons.